The van der Waals surface area contributed by atoms with Crippen molar-refractivity contribution in [2.45, 2.75) is 12.7 Å². The van der Waals surface area contributed by atoms with Crippen LogP contribution in [0.2, 0.25) is 10.0 Å². The molecule has 0 bridgehead atoms. The molecule has 3 aromatic rings. The number of nitrogens with one attached hydrogen (secondary N) is 2. The normalized spacial score (nSPS) is 11.0. The standard InChI is InChI=1S/C21H15Cl2F3N4O2/c22-13-3-1-5-15(9-13)28-19(31)17(20(32)29-16-6-2-4-14(23)10-16)11-18-27-7-8-30(18)12-21(24,25)26/h1-11H,12H2,(H,28,31)(H,29,32). The van der Waals surface area contributed by atoms with Gasteiger partial charge in [-0.1, -0.05) is 35.3 Å². The number of rotatable bonds is 6. The van der Waals surface area contributed by atoms with Gasteiger partial charge in [0.1, 0.15) is 17.9 Å². The maximum Gasteiger partial charge on any atom is 0.406 e. The Bertz CT molecular complexity index is 1110. The van der Waals surface area contributed by atoms with Crippen LogP contribution in [0.3, 0.4) is 0 Å². The second-order valence-corrected chi connectivity index (χ2v) is 7.39. The molecule has 0 saturated carbocycles. The van der Waals surface area contributed by atoms with E-state index in [-0.39, 0.29) is 5.82 Å². The fourth-order valence-electron chi connectivity index (χ4n) is 2.68. The number of hydrogen-bond acceptors (Lipinski definition) is 3. The molecule has 166 valence electrons. The summed E-state index contributed by atoms with van der Waals surface area (Å²) < 4.78 is 39.3. The zero-order valence-electron chi connectivity index (χ0n) is 16.2. The van der Waals surface area contributed by atoms with Crippen molar-refractivity contribution in [3.63, 3.8) is 0 Å². The van der Waals surface area contributed by atoms with E-state index >= 15 is 0 Å². The predicted octanol–water partition coefficient (Wildman–Crippen LogP) is 5.41. The summed E-state index contributed by atoms with van der Waals surface area (Å²) in [7, 11) is 0. The molecule has 2 aromatic carbocycles. The number of carbonyl (C=O) groups is 2. The first-order chi connectivity index (χ1) is 15.1. The molecule has 11 heteroatoms. The highest BCUT2D eigenvalue weighted by Gasteiger charge is 2.29. The highest BCUT2D eigenvalue weighted by molar-refractivity contribution is 6.32. The van der Waals surface area contributed by atoms with E-state index in [4.69, 9.17) is 23.2 Å². The number of aromatic nitrogens is 2. The van der Waals surface area contributed by atoms with Crippen LogP contribution in [0.1, 0.15) is 5.82 Å². The van der Waals surface area contributed by atoms with Gasteiger partial charge in [-0.3, -0.25) is 9.59 Å². The molecule has 32 heavy (non-hydrogen) atoms. The van der Waals surface area contributed by atoms with Crippen molar-refractivity contribution >= 4 is 52.5 Å². The molecule has 0 fully saturated rings. The minimum atomic E-state index is -4.52. The SMILES string of the molecule is O=C(Nc1cccc(Cl)c1)C(=Cc1nccn1CC(F)(F)F)C(=O)Nc1cccc(Cl)c1. The van der Waals surface area contributed by atoms with Crippen molar-refractivity contribution in [2.24, 2.45) is 0 Å². The highest BCUT2D eigenvalue weighted by Crippen LogP contribution is 2.21. The summed E-state index contributed by atoms with van der Waals surface area (Å²) in [5.74, 6) is -1.96. The molecule has 0 aliphatic rings. The molecule has 0 radical (unpaired) electrons. The van der Waals surface area contributed by atoms with Gasteiger partial charge in [-0.15, -0.1) is 0 Å². The van der Waals surface area contributed by atoms with Gasteiger partial charge in [0.25, 0.3) is 11.8 Å². The molecule has 1 heterocycles. The largest absolute Gasteiger partial charge is 0.406 e. The first kappa shape index (κ1) is 23.4. The van der Waals surface area contributed by atoms with Crippen LogP contribution in [0.4, 0.5) is 24.5 Å². The van der Waals surface area contributed by atoms with Gasteiger partial charge >= 0.3 is 6.18 Å². The Morgan fingerprint density at radius 3 is 1.97 bits per heavy atom. The van der Waals surface area contributed by atoms with Gasteiger partial charge in [-0.05, 0) is 42.5 Å². The zero-order valence-corrected chi connectivity index (χ0v) is 17.7. The van der Waals surface area contributed by atoms with E-state index in [9.17, 15) is 22.8 Å². The second kappa shape index (κ2) is 9.88. The maximum atomic E-state index is 12.9. The fourth-order valence-corrected chi connectivity index (χ4v) is 3.06. The summed E-state index contributed by atoms with van der Waals surface area (Å²) in [5.41, 5.74) is 0.116. The van der Waals surface area contributed by atoms with Crippen LogP contribution in [0.25, 0.3) is 6.08 Å². The molecular formula is C21H15Cl2F3N4O2. The Morgan fingerprint density at radius 1 is 0.969 bits per heavy atom. The van der Waals surface area contributed by atoms with Gasteiger partial charge in [0, 0.05) is 33.8 Å². The minimum absolute atomic E-state index is 0.222. The first-order valence-corrected chi connectivity index (χ1v) is 9.80. The summed E-state index contributed by atoms with van der Waals surface area (Å²) >= 11 is 11.8. The average molecular weight is 483 g/mol. The van der Waals surface area contributed by atoms with Gasteiger partial charge in [-0.25, -0.2) is 4.98 Å². The smallest absolute Gasteiger partial charge is 0.322 e. The number of benzene rings is 2. The highest BCUT2D eigenvalue weighted by atomic mass is 35.5. The van der Waals surface area contributed by atoms with E-state index in [2.05, 4.69) is 15.6 Å². The van der Waals surface area contributed by atoms with Crippen molar-refractivity contribution in [2.75, 3.05) is 10.6 Å². The van der Waals surface area contributed by atoms with Gasteiger partial charge in [0.2, 0.25) is 0 Å². The van der Waals surface area contributed by atoms with E-state index < -0.39 is 30.1 Å². The Balaban J connectivity index is 1.95. The molecule has 0 unspecified atom stereocenters. The molecule has 0 aliphatic carbocycles. The van der Waals surface area contributed by atoms with E-state index in [0.717, 1.165) is 23.0 Å². The number of halogens is 5. The van der Waals surface area contributed by atoms with E-state index in [0.29, 0.717) is 21.4 Å². The van der Waals surface area contributed by atoms with Gasteiger partial charge in [0.05, 0.1) is 0 Å². The third-order valence-electron chi connectivity index (χ3n) is 4.02. The van der Waals surface area contributed by atoms with Crippen molar-refractivity contribution in [1.29, 1.82) is 0 Å². The van der Waals surface area contributed by atoms with Crippen LogP contribution < -0.4 is 10.6 Å². The van der Waals surface area contributed by atoms with E-state index in [1.54, 1.807) is 36.4 Å². The van der Waals surface area contributed by atoms with E-state index in [1.165, 1.54) is 12.1 Å². The number of anilines is 2. The molecule has 0 atom stereocenters. The lowest BCUT2D eigenvalue weighted by Crippen LogP contribution is -2.26. The number of alkyl halides is 3. The van der Waals surface area contributed by atoms with Crippen LogP contribution in [0, 0.1) is 0 Å². The lowest BCUT2D eigenvalue weighted by molar-refractivity contribution is -0.140. The van der Waals surface area contributed by atoms with Gasteiger partial charge < -0.3 is 15.2 Å². The van der Waals surface area contributed by atoms with Gasteiger partial charge in [-0.2, -0.15) is 13.2 Å². The summed E-state index contributed by atoms with van der Waals surface area (Å²) in [6, 6.07) is 12.4. The predicted molar refractivity (Wildman–Crippen MR) is 116 cm³/mol. The zero-order chi connectivity index (χ0) is 23.3. The van der Waals surface area contributed by atoms with Crippen molar-refractivity contribution in [1.82, 2.24) is 9.55 Å². The summed E-state index contributed by atoms with van der Waals surface area (Å²) in [5, 5.41) is 5.70. The molecule has 3 rings (SSSR count). The molecule has 0 spiro atoms. The van der Waals surface area contributed by atoms with E-state index in [1.807, 2.05) is 0 Å². The van der Waals surface area contributed by atoms with Crippen molar-refractivity contribution in [3.05, 3.63) is 82.4 Å². The summed E-state index contributed by atoms with van der Waals surface area (Å²) in [6.07, 6.45) is -1.30. The van der Waals surface area contributed by atoms with Crippen LogP contribution in [-0.2, 0) is 16.1 Å². The third kappa shape index (κ3) is 6.60. The molecule has 0 saturated heterocycles. The second-order valence-electron chi connectivity index (χ2n) is 6.52. The Labute approximate surface area is 190 Å². The lowest BCUT2D eigenvalue weighted by Gasteiger charge is -2.12. The number of hydrogen-bond donors (Lipinski definition) is 2. The minimum Gasteiger partial charge on any atom is -0.322 e. The van der Waals surface area contributed by atoms with Crippen LogP contribution >= 0.6 is 23.2 Å². The summed E-state index contributed by atoms with van der Waals surface area (Å²) in [4.78, 5) is 29.6. The van der Waals surface area contributed by atoms with Gasteiger partial charge in [0.15, 0.2) is 0 Å². The average Bonchev–Trinajstić information content (AvgIpc) is 3.10. The van der Waals surface area contributed by atoms with Crippen molar-refractivity contribution in [3.8, 4) is 0 Å². The monoisotopic (exact) mass is 482 g/mol. The fraction of sp³-hybridized carbons (Fsp3) is 0.0952. The Kier molecular flexibility index (Phi) is 7.22. The molecule has 6 nitrogen and oxygen atoms in total. The maximum absolute atomic E-state index is 12.9. The van der Waals surface area contributed by atoms with Crippen LogP contribution in [0.5, 0.6) is 0 Å². The molecule has 1 aromatic heterocycles. The lowest BCUT2D eigenvalue weighted by atomic mass is 10.2. The third-order valence-corrected chi connectivity index (χ3v) is 4.50. The van der Waals surface area contributed by atoms with Crippen LogP contribution in [0.15, 0.2) is 66.5 Å². The quantitative estimate of drug-likeness (QED) is 0.280. The van der Waals surface area contributed by atoms with Crippen LogP contribution in [-0.4, -0.2) is 27.5 Å². The Hall–Kier alpha value is -3.30. The molecular weight excluding hydrogens is 468 g/mol. The first-order valence-electron chi connectivity index (χ1n) is 9.04. The molecule has 2 amide bonds. The number of carbonyl (C=O) groups excluding carboxylic acids is 2. The number of imidazole rings is 1. The Morgan fingerprint density at radius 2 is 1.50 bits per heavy atom. The summed E-state index contributed by atoms with van der Waals surface area (Å²) in [6.45, 7) is -1.34. The van der Waals surface area contributed by atoms with Crippen molar-refractivity contribution < 1.29 is 22.8 Å². The number of amides is 2. The molecule has 0 aliphatic heterocycles. The topological polar surface area (TPSA) is 76.0 Å². The molecule has 2 N–H and O–H groups in total. The number of nitrogens with zero attached hydrogens (tertiary/aromatic N) is 2.